The van der Waals surface area contributed by atoms with Crippen molar-refractivity contribution in [2.75, 3.05) is 26.9 Å². The maximum atomic E-state index is 5.66. The zero-order valence-corrected chi connectivity index (χ0v) is 14.3. The number of hydrogen-bond donors (Lipinski definition) is 1. The Balaban J connectivity index is 2.71. The van der Waals surface area contributed by atoms with Crippen molar-refractivity contribution in [3.63, 3.8) is 0 Å². The molecule has 0 aliphatic carbocycles. The van der Waals surface area contributed by atoms with Crippen LogP contribution in [0.5, 0.6) is 5.75 Å². The van der Waals surface area contributed by atoms with Gasteiger partial charge in [0.1, 0.15) is 12.4 Å². The predicted octanol–water partition coefficient (Wildman–Crippen LogP) is 4.32. The highest BCUT2D eigenvalue weighted by Crippen LogP contribution is 2.30. The van der Waals surface area contributed by atoms with Gasteiger partial charge >= 0.3 is 0 Å². The zero-order valence-electron chi connectivity index (χ0n) is 12.7. The second-order valence-corrected chi connectivity index (χ2v) is 5.64. The number of hydrogen-bond acceptors (Lipinski definition) is 3. The first-order valence-electron chi connectivity index (χ1n) is 7.37. The van der Waals surface area contributed by atoms with E-state index in [4.69, 9.17) is 9.47 Å². The lowest BCUT2D eigenvalue weighted by atomic mass is 10.0. The number of methoxy groups -OCH3 is 1. The van der Waals surface area contributed by atoms with E-state index in [9.17, 15) is 0 Å². The molecule has 0 radical (unpaired) electrons. The first kappa shape index (κ1) is 17.5. The van der Waals surface area contributed by atoms with Gasteiger partial charge in [-0.1, -0.05) is 32.8 Å². The average Bonchev–Trinajstić information content (AvgIpc) is 2.45. The van der Waals surface area contributed by atoms with E-state index < -0.39 is 0 Å². The standard InChI is InChI=1S/C16H26BrNO2/c1-4-6-7-15(18-5-2)13-8-9-16(14(17)12-13)20-11-10-19-3/h8-9,12,15,18H,4-7,10-11H2,1-3H3. The summed E-state index contributed by atoms with van der Waals surface area (Å²) >= 11 is 3.59. The fraction of sp³-hybridized carbons (Fsp3) is 0.625. The molecular formula is C16H26BrNO2. The smallest absolute Gasteiger partial charge is 0.133 e. The van der Waals surface area contributed by atoms with Gasteiger partial charge in [0.2, 0.25) is 0 Å². The highest BCUT2D eigenvalue weighted by molar-refractivity contribution is 9.10. The van der Waals surface area contributed by atoms with E-state index in [0.717, 1.165) is 16.8 Å². The van der Waals surface area contributed by atoms with Crippen molar-refractivity contribution in [1.29, 1.82) is 0 Å². The monoisotopic (exact) mass is 343 g/mol. The van der Waals surface area contributed by atoms with E-state index >= 15 is 0 Å². The highest BCUT2D eigenvalue weighted by atomic mass is 79.9. The fourth-order valence-electron chi connectivity index (χ4n) is 2.13. The second kappa shape index (κ2) is 10.2. The van der Waals surface area contributed by atoms with Crippen LogP contribution in [0.4, 0.5) is 0 Å². The molecule has 0 heterocycles. The van der Waals surface area contributed by atoms with Gasteiger partial charge in [0.25, 0.3) is 0 Å². The van der Waals surface area contributed by atoms with Gasteiger partial charge in [-0.15, -0.1) is 0 Å². The van der Waals surface area contributed by atoms with Crippen LogP contribution in [-0.4, -0.2) is 26.9 Å². The normalized spacial score (nSPS) is 12.4. The summed E-state index contributed by atoms with van der Waals surface area (Å²) in [7, 11) is 1.68. The van der Waals surface area contributed by atoms with Crippen LogP contribution in [0, 0.1) is 0 Å². The van der Waals surface area contributed by atoms with Gasteiger partial charge < -0.3 is 14.8 Å². The van der Waals surface area contributed by atoms with Gasteiger partial charge in [0, 0.05) is 13.2 Å². The Morgan fingerprint density at radius 3 is 2.65 bits per heavy atom. The first-order valence-corrected chi connectivity index (χ1v) is 8.16. The van der Waals surface area contributed by atoms with Crippen LogP contribution in [0.25, 0.3) is 0 Å². The average molecular weight is 344 g/mol. The SMILES string of the molecule is CCCCC(NCC)c1ccc(OCCOC)c(Br)c1. The minimum absolute atomic E-state index is 0.421. The molecular weight excluding hydrogens is 318 g/mol. The molecule has 0 amide bonds. The van der Waals surface area contributed by atoms with Crippen molar-refractivity contribution in [2.45, 2.75) is 39.2 Å². The van der Waals surface area contributed by atoms with Crippen LogP contribution < -0.4 is 10.1 Å². The van der Waals surface area contributed by atoms with Crippen LogP contribution in [0.2, 0.25) is 0 Å². The molecule has 0 spiro atoms. The lowest BCUT2D eigenvalue weighted by Gasteiger charge is -2.19. The van der Waals surface area contributed by atoms with Crippen molar-refractivity contribution in [2.24, 2.45) is 0 Å². The molecule has 4 heteroatoms. The fourth-order valence-corrected chi connectivity index (χ4v) is 2.64. The predicted molar refractivity (Wildman–Crippen MR) is 87.5 cm³/mol. The van der Waals surface area contributed by atoms with Gasteiger partial charge in [0.15, 0.2) is 0 Å². The van der Waals surface area contributed by atoms with Gasteiger partial charge in [-0.25, -0.2) is 0 Å². The Kier molecular flexibility index (Phi) is 8.90. The number of rotatable bonds is 10. The van der Waals surface area contributed by atoms with E-state index in [1.807, 2.05) is 6.07 Å². The Bertz CT molecular complexity index is 385. The summed E-state index contributed by atoms with van der Waals surface area (Å²) in [4.78, 5) is 0. The van der Waals surface area contributed by atoms with Crippen molar-refractivity contribution in [1.82, 2.24) is 5.32 Å². The van der Waals surface area contributed by atoms with Crippen LogP contribution in [-0.2, 0) is 4.74 Å². The maximum absolute atomic E-state index is 5.66. The summed E-state index contributed by atoms with van der Waals surface area (Å²) in [5, 5.41) is 3.55. The molecule has 1 N–H and O–H groups in total. The van der Waals surface area contributed by atoms with Crippen LogP contribution in [0.3, 0.4) is 0 Å². The molecule has 1 rings (SSSR count). The molecule has 3 nitrogen and oxygen atoms in total. The molecule has 0 bridgehead atoms. The summed E-state index contributed by atoms with van der Waals surface area (Å²) in [6.07, 6.45) is 3.63. The molecule has 0 aliphatic heterocycles. The molecule has 0 fully saturated rings. The lowest BCUT2D eigenvalue weighted by Crippen LogP contribution is -2.20. The van der Waals surface area contributed by atoms with Gasteiger partial charge in [-0.05, 0) is 46.6 Å². The minimum Gasteiger partial charge on any atom is -0.490 e. The highest BCUT2D eigenvalue weighted by Gasteiger charge is 2.12. The van der Waals surface area contributed by atoms with Crippen LogP contribution >= 0.6 is 15.9 Å². The van der Waals surface area contributed by atoms with E-state index in [0.29, 0.717) is 19.3 Å². The number of halogens is 1. The lowest BCUT2D eigenvalue weighted by molar-refractivity contribution is 0.146. The van der Waals surface area contributed by atoms with E-state index in [1.165, 1.54) is 24.8 Å². The maximum Gasteiger partial charge on any atom is 0.133 e. The van der Waals surface area contributed by atoms with Gasteiger partial charge in [0.05, 0.1) is 11.1 Å². The summed E-state index contributed by atoms with van der Waals surface area (Å²) in [5.41, 5.74) is 1.31. The Morgan fingerprint density at radius 2 is 2.05 bits per heavy atom. The molecule has 1 aromatic carbocycles. The van der Waals surface area contributed by atoms with Crippen molar-refractivity contribution >= 4 is 15.9 Å². The number of benzene rings is 1. The minimum atomic E-state index is 0.421. The van der Waals surface area contributed by atoms with Gasteiger partial charge in [-0.3, -0.25) is 0 Å². The molecule has 1 atom stereocenters. The third kappa shape index (κ3) is 5.81. The molecule has 0 aromatic heterocycles. The van der Waals surface area contributed by atoms with E-state index in [-0.39, 0.29) is 0 Å². The van der Waals surface area contributed by atoms with Crippen molar-refractivity contribution in [3.8, 4) is 5.75 Å². The Labute approximate surface area is 131 Å². The van der Waals surface area contributed by atoms with E-state index in [2.05, 4.69) is 47.2 Å². The molecule has 0 aliphatic rings. The van der Waals surface area contributed by atoms with Crippen LogP contribution in [0.15, 0.2) is 22.7 Å². The van der Waals surface area contributed by atoms with Crippen LogP contribution in [0.1, 0.15) is 44.7 Å². The molecule has 0 saturated heterocycles. The third-order valence-corrected chi connectivity index (χ3v) is 3.82. The molecule has 1 aromatic rings. The van der Waals surface area contributed by atoms with Crippen molar-refractivity contribution in [3.05, 3.63) is 28.2 Å². The first-order chi connectivity index (χ1) is 9.72. The van der Waals surface area contributed by atoms with E-state index in [1.54, 1.807) is 7.11 Å². The molecule has 1 unspecified atom stereocenters. The number of unbranched alkanes of at least 4 members (excludes halogenated alkanes) is 1. The topological polar surface area (TPSA) is 30.5 Å². The molecule has 20 heavy (non-hydrogen) atoms. The van der Waals surface area contributed by atoms with Crippen molar-refractivity contribution < 1.29 is 9.47 Å². The quantitative estimate of drug-likeness (QED) is 0.642. The Hall–Kier alpha value is -0.580. The summed E-state index contributed by atoms with van der Waals surface area (Å²) in [6.45, 7) is 6.53. The summed E-state index contributed by atoms with van der Waals surface area (Å²) in [6, 6.07) is 6.76. The van der Waals surface area contributed by atoms with Gasteiger partial charge in [-0.2, -0.15) is 0 Å². The zero-order chi connectivity index (χ0) is 14.8. The molecule has 0 saturated carbocycles. The number of nitrogens with one attached hydrogen (secondary N) is 1. The largest absolute Gasteiger partial charge is 0.490 e. The second-order valence-electron chi connectivity index (χ2n) is 4.78. The summed E-state index contributed by atoms with van der Waals surface area (Å²) < 4.78 is 11.7. The number of ether oxygens (including phenoxy) is 2. The Morgan fingerprint density at radius 1 is 1.25 bits per heavy atom. The molecule has 114 valence electrons. The third-order valence-electron chi connectivity index (χ3n) is 3.20. The summed E-state index contributed by atoms with van der Waals surface area (Å²) in [5.74, 6) is 0.872.